The Morgan fingerprint density at radius 2 is 2.04 bits per heavy atom. The molecule has 2 aromatic carbocycles. The summed E-state index contributed by atoms with van der Waals surface area (Å²) in [6, 6.07) is 10.6. The molecule has 0 aliphatic carbocycles. The second kappa shape index (κ2) is 9.70. The number of benzene rings is 2. The smallest absolute Gasteiger partial charge is 0.269 e. The fraction of sp³-hybridized carbons (Fsp3) is 0.158. The molecule has 28 heavy (non-hydrogen) atoms. The summed E-state index contributed by atoms with van der Waals surface area (Å²) in [5.41, 5.74) is 0.729. The zero-order valence-corrected chi connectivity index (χ0v) is 17.2. The van der Waals surface area contributed by atoms with Crippen LogP contribution in [-0.2, 0) is 4.79 Å². The minimum atomic E-state index is -0.625. The van der Waals surface area contributed by atoms with Crippen molar-refractivity contribution in [3.63, 3.8) is 0 Å². The molecule has 0 aliphatic heterocycles. The normalized spacial score (nSPS) is 10.7. The monoisotopic (exact) mass is 493 g/mol. The Morgan fingerprint density at radius 1 is 1.36 bits per heavy atom. The topological polar surface area (TPSA) is 114 Å². The molecule has 144 valence electrons. The number of hydrogen-bond acceptors (Lipinski definition) is 6. The van der Waals surface area contributed by atoms with Crippen molar-refractivity contribution in [3.8, 4) is 17.6 Å². The molecule has 0 spiro atoms. The third-order valence-corrected chi connectivity index (χ3v) is 4.35. The molecule has 1 N–H and O–H groups in total. The highest BCUT2D eigenvalue weighted by molar-refractivity contribution is 14.1. The molecule has 0 heterocycles. The van der Waals surface area contributed by atoms with E-state index in [0.717, 1.165) is 3.57 Å². The number of non-ortho nitro benzene ring substituents is 1. The van der Waals surface area contributed by atoms with Crippen LogP contribution in [0.5, 0.6) is 11.5 Å². The van der Waals surface area contributed by atoms with Crippen LogP contribution in [0.2, 0.25) is 0 Å². The summed E-state index contributed by atoms with van der Waals surface area (Å²) in [6.45, 7) is 2.28. The van der Waals surface area contributed by atoms with E-state index in [2.05, 4.69) is 27.9 Å². The maximum atomic E-state index is 12.4. The molecule has 0 fully saturated rings. The fourth-order valence-electron chi connectivity index (χ4n) is 2.31. The molecule has 0 atom stereocenters. The Balaban J connectivity index is 2.28. The van der Waals surface area contributed by atoms with Gasteiger partial charge >= 0.3 is 0 Å². The third-order valence-electron chi connectivity index (χ3n) is 3.55. The second-order valence-corrected chi connectivity index (χ2v) is 6.56. The number of hydrogen-bond donors (Lipinski definition) is 1. The van der Waals surface area contributed by atoms with Gasteiger partial charge in [-0.3, -0.25) is 14.9 Å². The van der Waals surface area contributed by atoms with Crippen LogP contribution in [0, 0.1) is 25.0 Å². The zero-order chi connectivity index (χ0) is 20.7. The van der Waals surface area contributed by atoms with Crippen LogP contribution in [0.4, 0.5) is 11.4 Å². The van der Waals surface area contributed by atoms with Gasteiger partial charge in [0.25, 0.3) is 11.6 Å². The molecule has 0 bridgehead atoms. The lowest BCUT2D eigenvalue weighted by Crippen LogP contribution is -2.13. The number of amides is 1. The maximum absolute atomic E-state index is 12.4. The molecule has 8 nitrogen and oxygen atoms in total. The summed E-state index contributed by atoms with van der Waals surface area (Å²) in [4.78, 5) is 22.5. The molecule has 0 aliphatic rings. The lowest BCUT2D eigenvalue weighted by Gasteiger charge is -2.12. The lowest BCUT2D eigenvalue weighted by atomic mass is 10.1. The SMILES string of the molecule is CCOc1cc(/C=C(/C#N)C(=O)Nc2ccc([N+](=O)[O-])cc2)cc(I)c1OC. The van der Waals surface area contributed by atoms with Crippen molar-refractivity contribution in [1.82, 2.24) is 0 Å². The molecular formula is C19H16IN3O5. The molecule has 0 saturated heterocycles. The number of carbonyl (C=O) groups excluding carboxylic acids is 1. The van der Waals surface area contributed by atoms with E-state index in [9.17, 15) is 20.2 Å². The number of ether oxygens (including phenoxy) is 2. The summed E-state index contributed by atoms with van der Waals surface area (Å²) in [7, 11) is 1.54. The van der Waals surface area contributed by atoms with Crippen molar-refractivity contribution >= 4 is 45.9 Å². The number of nitro groups is 1. The summed E-state index contributed by atoms with van der Waals surface area (Å²) >= 11 is 2.08. The molecule has 0 aromatic heterocycles. The first kappa shape index (κ1) is 21.2. The van der Waals surface area contributed by atoms with Gasteiger partial charge in [-0.15, -0.1) is 0 Å². The Labute approximate surface area is 175 Å². The fourth-order valence-corrected chi connectivity index (χ4v) is 3.16. The molecule has 1 amide bonds. The largest absolute Gasteiger partial charge is 0.492 e. The summed E-state index contributed by atoms with van der Waals surface area (Å²) in [5.74, 6) is 0.463. The maximum Gasteiger partial charge on any atom is 0.269 e. The Kier molecular flexibility index (Phi) is 7.34. The number of methoxy groups -OCH3 is 1. The van der Waals surface area contributed by atoms with E-state index in [1.165, 1.54) is 37.5 Å². The summed E-state index contributed by atoms with van der Waals surface area (Å²) < 4.78 is 11.6. The first-order chi connectivity index (χ1) is 13.4. The summed E-state index contributed by atoms with van der Waals surface area (Å²) in [6.07, 6.45) is 1.44. The summed E-state index contributed by atoms with van der Waals surface area (Å²) in [5, 5.41) is 22.6. The van der Waals surface area contributed by atoms with Crippen LogP contribution in [0.3, 0.4) is 0 Å². The highest BCUT2D eigenvalue weighted by atomic mass is 127. The molecule has 2 aromatic rings. The van der Waals surface area contributed by atoms with Crippen LogP contribution < -0.4 is 14.8 Å². The standard InChI is InChI=1S/C19H16IN3O5/c1-3-28-17-10-12(9-16(20)18(17)27-2)8-13(11-21)19(24)22-14-4-6-15(7-5-14)23(25)26/h4-10H,3H2,1-2H3,(H,22,24)/b13-8-. The van der Waals surface area contributed by atoms with Gasteiger partial charge < -0.3 is 14.8 Å². The zero-order valence-electron chi connectivity index (χ0n) is 15.1. The second-order valence-electron chi connectivity index (χ2n) is 5.40. The van der Waals surface area contributed by atoms with Gasteiger partial charge in [0.2, 0.25) is 0 Å². The first-order valence-corrected chi connectivity index (χ1v) is 9.15. The predicted octanol–water partition coefficient (Wildman–Crippen LogP) is 4.15. The van der Waals surface area contributed by atoms with E-state index in [1.807, 2.05) is 13.0 Å². The lowest BCUT2D eigenvalue weighted by molar-refractivity contribution is -0.384. The molecular weight excluding hydrogens is 477 g/mol. The number of anilines is 1. The van der Waals surface area contributed by atoms with Crippen molar-refractivity contribution in [2.24, 2.45) is 0 Å². The van der Waals surface area contributed by atoms with E-state index >= 15 is 0 Å². The van der Waals surface area contributed by atoms with Crippen molar-refractivity contribution in [2.45, 2.75) is 6.92 Å². The molecule has 0 unspecified atom stereocenters. The first-order valence-electron chi connectivity index (χ1n) is 8.07. The van der Waals surface area contributed by atoms with Crippen molar-refractivity contribution in [2.75, 3.05) is 19.0 Å². The van der Waals surface area contributed by atoms with Gasteiger partial charge in [0.1, 0.15) is 11.6 Å². The molecule has 9 heteroatoms. The number of carbonyl (C=O) groups is 1. The highest BCUT2D eigenvalue weighted by Crippen LogP contribution is 2.34. The van der Waals surface area contributed by atoms with Crippen LogP contribution in [0.25, 0.3) is 6.08 Å². The Hall–Kier alpha value is -3.13. The average Bonchev–Trinajstić information content (AvgIpc) is 2.66. The van der Waals surface area contributed by atoms with Gasteiger partial charge in [-0.2, -0.15) is 5.26 Å². The molecule has 2 rings (SSSR count). The average molecular weight is 493 g/mol. The Bertz CT molecular complexity index is 965. The van der Waals surface area contributed by atoms with Gasteiger partial charge in [-0.05, 0) is 65.4 Å². The van der Waals surface area contributed by atoms with Gasteiger partial charge in [0.15, 0.2) is 11.5 Å². The highest BCUT2D eigenvalue weighted by Gasteiger charge is 2.14. The number of rotatable bonds is 7. The van der Waals surface area contributed by atoms with E-state index < -0.39 is 10.8 Å². The predicted molar refractivity (Wildman–Crippen MR) is 112 cm³/mol. The van der Waals surface area contributed by atoms with E-state index in [1.54, 1.807) is 12.1 Å². The van der Waals surface area contributed by atoms with Crippen LogP contribution in [0.15, 0.2) is 42.0 Å². The van der Waals surface area contributed by atoms with E-state index in [4.69, 9.17) is 9.47 Å². The number of nitriles is 1. The van der Waals surface area contributed by atoms with Crippen molar-refractivity contribution < 1.29 is 19.2 Å². The Morgan fingerprint density at radius 3 is 2.57 bits per heavy atom. The number of nitro benzene ring substituents is 1. The van der Waals surface area contributed by atoms with Gasteiger partial charge in [0, 0.05) is 17.8 Å². The van der Waals surface area contributed by atoms with Crippen molar-refractivity contribution in [3.05, 3.63) is 61.2 Å². The van der Waals surface area contributed by atoms with E-state index in [-0.39, 0.29) is 11.3 Å². The number of nitrogens with one attached hydrogen (secondary N) is 1. The van der Waals surface area contributed by atoms with Crippen molar-refractivity contribution in [1.29, 1.82) is 5.26 Å². The minimum Gasteiger partial charge on any atom is -0.492 e. The molecule has 0 radical (unpaired) electrons. The van der Waals surface area contributed by atoms with Gasteiger partial charge in [-0.1, -0.05) is 0 Å². The minimum absolute atomic E-state index is 0.0923. The molecule has 0 saturated carbocycles. The number of nitrogens with zero attached hydrogens (tertiary/aromatic N) is 2. The quantitative estimate of drug-likeness (QED) is 0.204. The van der Waals surface area contributed by atoms with Crippen LogP contribution in [0.1, 0.15) is 12.5 Å². The van der Waals surface area contributed by atoms with Crippen LogP contribution >= 0.6 is 22.6 Å². The number of halogens is 1. The van der Waals surface area contributed by atoms with Gasteiger partial charge in [-0.25, -0.2) is 0 Å². The van der Waals surface area contributed by atoms with Crippen LogP contribution in [-0.4, -0.2) is 24.5 Å². The van der Waals surface area contributed by atoms with E-state index in [0.29, 0.717) is 29.4 Å². The van der Waals surface area contributed by atoms with Gasteiger partial charge in [0.05, 0.1) is 22.2 Å². The third kappa shape index (κ3) is 5.20.